The molecule has 74 valence electrons. The summed E-state index contributed by atoms with van der Waals surface area (Å²) in [7, 11) is 1.64. The fraction of sp³-hybridized carbons (Fsp3) is 0.100. The van der Waals surface area contributed by atoms with Gasteiger partial charge in [-0.2, -0.15) is 0 Å². The number of hydrogen-bond donors (Lipinski definition) is 1. The second-order valence-corrected chi connectivity index (χ2v) is 2.83. The number of nitrogens with two attached hydrogens (primary N) is 1. The lowest BCUT2D eigenvalue weighted by Crippen LogP contribution is -1.88. The van der Waals surface area contributed by atoms with E-state index in [1.807, 2.05) is 24.3 Å². The van der Waals surface area contributed by atoms with Gasteiger partial charge in [-0.1, -0.05) is 0 Å². The Morgan fingerprint density at radius 2 is 2.07 bits per heavy atom. The summed E-state index contributed by atoms with van der Waals surface area (Å²) in [5.74, 6) is 0.819. The number of anilines is 1. The SMILES string of the molecule is COc1ccc2ncc(N)cc2c1.Cl. The molecular formula is C10H11ClN2O. The Morgan fingerprint density at radius 3 is 2.79 bits per heavy atom. The first-order valence-electron chi connectivity index (χ1n) is 3.99. The molecular weight excluding hydrogens is 200 g/mol. The monoisotopic (exact) mass is 210 g/mol. The number of aromatic nitrogens is 1. The van der Waals surface area contributed by atoms with Crippen molar-refractivity contribution in [2.75, 3.05) is 12.8 Å². The zero-order chi connectivity index (χ0) is 9.26. The van der Waals surface area contributed by atoms with Crippen molar-refractivity contribution in [2.24, 2.45) is 0 Å². The van der Waals surface area contributed by atoms with Crippen molar-refractivity contribution in [1.82, 2.24) is 4.98 Å². The number of halogens is 1. The Labute approximate surface area is 88.3 Å². The van der Waals surface area contributed by atoms with Crippen molar-refractivity contribution < 1.29 is 4.74 Å². The number of fused-ring (bicyclic) bond motifs is 1. The molecule has 0 spiro atoms. The molecule has 2 N–H and O–H groups in total. The van der Waals surface area contributed by atoms with Gasteiger partial charge >= 0.3 is 0 Å². The molecule has 0 saturated carbocycles. The van der Waals surface area contributed by atoms with Gasteiger partial charge in [0.05, 0.1) is 24.5 Å². The van der Waals surface area contributed by atoms with Crippen LogP contribution in [0.4, 0.5) is 5.69 Å². The highest BCUT2D eigenvalue weighted by Crippen LogP contribution is 2.20. The van der Waals surface area contributed by atoms with E-state index in [2.05, 4.69) is 4.98 Å². The molecule has 2 rings (SSSR count). The normalized spacial score (nSPS) is 9.50. The lowest BCUT2D eigenvalue weighted by atomic mass is 10.2. The number of hydrogen-bond acceptors (Lipinski definition) is 3. The maximum atomic E-state index is 5.61. The number of rotatable bonds is 1. The number of nitrogens with zero attached hydrogens (tertiary/aromatic N) is 1. The average Bonchev–Trinajstić information content (AvgIpc) is 2.16. The van der Waals surface area contributed by atoms with Crippen LogP contribution in [0.2, 0.25) is 0 Å². The predicted molar refractivity (Wildman–Crippen MR) is 60.0 cm³/mol. The summed E-state index contributed by atoms with van der Waals surface area (Å²) in [6.45, 7) is 0. The smallest absolute Gasteiger partial charge is 0.119 e. The summed E-state index contributed by atoms with van der Waals surface area (Å²) in [5.41, 5.74) is 7.21. The van der Waals surface area contributed by atoms with E-state index in [1.54, 1.807) is 13.3 Å². The van der Waals surface area contributed by atoms with E-state index in [0.717, 1.165) is 16.7 Å². The van der Waals surface area contributed by atoms with Crippen LogP contribution in [0.3, 0.4) is 0 Å². The Balaban J connectivity index is 0.000000980. The minimum atomic E-state index is 0. The third-order valence-electron chi connectivity index (χ3n) is 1.91. The molecule has 0 aliphatic heterocycles. The molecule has 0 radical (unpaired) electrons. The lowest BCUT2D eigenvalue weighted by molar-refractivity contribution is 0.415. The van der Waals surface area contributed by atoms with Gasteiger partial charge in [0, 0.05) is 5.39 Å². The predicted octanol–water partition coefficient (Wildman–Crippen LogP) is 2.25. The zero-order valence-electron chi connectivity index (χ0n) is 7.73. The first kappa shape index (κ1) is 10.6. The molecule has 0 amide bonds. The van der Waals surface area contributed by atoms with Gasteiger partial charge in [0.1, 0.15) is 5.75 Å². The van der Waals surface area contributed by atoms with E-state index in [4.69, 9.17) is 10.5 Å². The molecule has 2 aromatic rings. The van der Waals surface area contributed by atoms with Crippen LogP contribution in [0.5, 0.6) is 5.75 Å². The first-order chi connectivity index (χ1) is 6.29. The van der Waals surface area contributed by atoms with E-state index in [0.29, 0.717) is 5.69 Å². The fourth-order valence-corrected chi connectivity index (χ4v) is 1.25. The summed E-state index contributed by atoms with van der Waals surface area (Å²) >= 11 is 0. The van der Waals surface area contributed by atoms with Crippen LogP contribution in [0.1, 0.15) is 0 Å². The fourth-order valence-electron chi connectivity index (χ4n) is 1.25. The number of benzene rings is 1. The zero-order valence-corrected chi connectivity index (χ0v) is 8.54. The van der Waals surface area contributed by atoms with Gasteiger partial charge in [-0.15, -0.1) is 12.4 Å². The topological polar surface area (TPSA) is 48.1 Å². The summed E-state index contributed by atoms with van der Waals surface area (Å²) in [6, 6.07) is 7.59. The average molecular weight is 211 g/mol. The molecule has 0 saturated heterocycles. The molecule has 0 unspecified atom stereocenters. The van der Waals surface area contributed by atoms with Gasteiger partial charge in [0.2, 0.25) is 0 Å². The molecule has 4 heteroatoms. The minimum absolute atomic E-state index is 0. The third-order valence-corrected chi connectivity index (χ3v) is 1.91. The first-order valence-corrected chi connectivity index (χ1v) is 3.99. The summed E-state index contributed by atoms with van der Waals surface area (Å²) in [4.78, 5) is 4.18. The van der Waals surface area contributed by atoms with Crippen molar-refractivity contribution in [2.45, 2.75) is 0 Å². The molecule has 0 atom stereocenters. The van der Waals surface area contributed by atoms with Gasteiger partial charge in [-0.25, -0.2) is 0 Å². The van der Waals surface area contributed by atoms with Gasteiger partial charge in [0.15, 0.2) is 0 Å². The van der Waals surface area contributed by atoms with Crippen LogP contribution in [0.15, 0.2) is 30.5 Å². The van der Waals surface area contributed by atoms with E-state index < -0.39 is 0 Å². The molecule has 0 bridgehead atoms. The van der Waals surface area contributed by atoms with Crippen LogP contribution >= 0.6 is 12.4 Å². The molecule has 0 aliphatic rings. The molecule has 0 aliphatic carbocycles. The Morgan fingerprint density at radius 1 is 1.29 bits per heavy atom. The second-order valence-electron chi connectivity index (χ2n) is 2.83. The van der Waals surface area contributed by atoms with E-state index in [1.165, 1.54) is 0 Å². The van der Waals surface area contributed by atoms with Crippen LogP contribution in [0.25, 0.3) is 10.9 Å². The third kappa shape index (κ3) is 1.88. The molecule has 1 heterocycles. The van der Waals surface area contributed by atoms with Gasteiger partial charge in [-0.3, -0.25) is 4.98 Å². The number of nitrogen functional groups attached to an aromatic ring is 1. The van der Waals surface area contributed by atoms with E-state index >= 15 is 0 Å². The van der Waals surface area contributed by atoms with Crippen molar-refractivity contribution >= 4 is 29.0 Å². The molecule has 0 fully saturated rings. The van der Waals surface area contributed by atoms with Gasteiger partial charge in [-0.05, 0) is 24.3 Å². The number of methoxy groups -OCH3 is 1. The van der Waals surface area contributed by atoms with E-state index in [9.17, 15) is 0 Å². The Hall–Kier alpha value is -1.48. The lowest BCUT2D eigenvalue weighted by Gasteiger charge is -2.01. The van der Waals surface area contributed by atoms with Crippen molar-refractivity contribution in [3.05, 3.63) is 30.5 Å². The molecule has 1 aromatic carbocycles. The maximum Gasteiger partial charge on any atom is 0.119 e. The highest BCUT2D eigenvalue weighted by molar-refractivity contribution is 5.85. The molecule has 1 aromatic heterocycles. The van der Waals surface area contributed by atoms with Crippen molar-refractivity contribution in [3.63, 3.8) is 0 Å². The summed E-state index contributed by atoms with van der Waals surface area (Å²) in [6.07, 6.45) is 1.65. The van der Waals surface area contributed by atoms with Gasteiger partial charge < -0.3 is 10.5 Å². The molecule has 14 heavy (non-hydrogen) atoms. The summed E-state index contributed by atoms with van der Waals surface area (Å²) in [5, 5.41) is 0.999. The highest BCUT2D eigenvalue weighted by atomic mass is 35.5. The number of ether oxygens (including phenoxy) is 1. The van der Waals surface area contributed by atoms with Crippen LogP contribution in [0, 0.1) is 0 Å². The number of pyridine rings is 1. The van der Waals surface area contributed by atoms with E-state index in [-0.39, 0.29) is 12.4 Å². The van der Waals surface area contributed by atoms with Crippen molar-refractivity contribution in [3.8, 4) is 5.75 Å². The molecule has 3 nitrogen and oxygen atoms in total. The standard InChI is InChI=1S/C10H10N2O.ClH/c1-13-9-2-3-10-7(5-9)4-8(11)6-12-10;/h2-6H,11H2,1H3;1H. The Kier molecular flexibility index (Phi) is 3.14. The van der Waals surface area contributed by atoms with Crippen LogP contribution in [-0.2, 0) is 0 Å². The minimum Gasteiger partial charge on any atom is -0.497 e. The second kappa shape index (κ2) is 4.15. The van der Waals surface area contributed by atoms with Gasteiger partial charge in [0.25, 0.3) is 0 Å². The van der Waals surface area contributed by atoms with Crippen LogP contribution in [-0.4, -0.2) is 12.1 Å². The maximum absolute atomic E-state index is 5.61. The largest absolute Gasteiger partial charge is 0.497 e. The Bertz CT molecular complexity index is 445. The quantitative estimate of drug-likeness (QED) is 0.786. The highest BCUT2D eigenvalue weighted by Gasteiger charge is 1.97. The van der Waals surface area contributed by atoms with Crippen LogP contribution < -0.4 is 10.5 Å². The summed E-state index contributed by atoms with van der Waals surface area (Å²) < 4.78 is 5.09. The van der Waals surface area contributed by atoms with Crippen molar-refractivity contribution in [1.29, 1.82) is 0 Å².